The molecule has 2 aliphatic rings. The van der Waals surface area contributed by atoms with Crippen molar-refractivity contribution in [2.24, 2.45) is 0 Å². The predicted molar refractivity (Wildman–Crippen MR) is 69.8 cm³/mol. The van der Waals surface area contributed by atoms with Gasteiger partial charge in [0.2, 0.25) is 0 Å². The molecule has 19 heavy (non-hydrogen) atoms. The van der Waals surface area contributed by atoms with E-state index in [2.05, 4.69) is 9.80 Å². The fraction of sp³-hybridized carbons (Fsp3) is 0.714. The number of fused-ring (bicyclic) bond motifs is 1. The average Bonchev–Trinajstić information content (AvgIpc) is 2.96. The Morgan fingerprint density at radius 3 is 3.00 bits per heavy atom. The van der Waals surface area contributed by atoms with Gasteiger partial charge in [0.05, 0.1) is 25.3 Å². The van der Waals surface area contributed by atoms with Gasteiger partial charge in [-0.05, 0) is 19.1 Å². The summed E-state index contributed by atoms with van der Waals surface area (Å²) in [6.45, 7) is 6.44. The molecule has 5 heteroatoms. The zero-order valence-electron chi connectivity index (χ0n) is 11.3. The summed E-state index contributed by atoms with van der Waals surface area (Å²) < 4.78 is 23.9. The highest BCUT2D eigenvalue weighted by Gasteiger charge is 2.39. The summed E-state index contributed by atoms with van der Waals surface area (Å²) in [6.07, 6.45) is 0.219. The standard InChI is InChI=1S/C14H21FN2O2/c1-11-2-3-12(19-11)8-17-6-7-18-14-10-16(5-4-15)9-13(14)17/h2-3,13-14H,4-10H2,1H3/t13-,14+/m0/s1. The van der Waals surface area contributed by atoms with Crippen LogP contribution in [-0.4, -0.2) is 61.4 Å². The Bertz CT molecular complexity index is 423. The largest absolute Gasteiger partial charge is 0.465 e. The molecular weight excluding hydrogens is 247 g/mol. The van der Waals surface area contributed by atoms with Gasteiger partial charge in [0, 0.05) is 26.2 Å². The Morgan fingerprint density at radius 2 is 2.26 bits per heavy atom. The molecule has 0 radical (unpaired) electrons. The first-order valence-corrected chi connectivity index (χ1v) is 6.95. The quantitative estimate of drug-likeness (QED) is 0.826. The first kappa shape index (κ1) is 13.1. The van der Waals surface area contributed by atoms with E-state index in [1.807, 2.05) is 19.1 Å². The molecule has 0 spiro atoms. The van der Waals surface area contributed by atoms with Gasteiger partial charge < -0.3 is 9.15 Å². The fourth-order valence-electron chi connectivity index (χ4n) is 3.10. The lowest BCUT2D eigenvalue weighted by Crippen LogP contribution is -2.50. The lowest BCUT2D eigenvalue weighted by Gasteiger charge is -2.36. The van der Waals surface area contributed by atoms with E-state index in [0.29, 0.717) is 12.6 Å². The van der Waals surface area contributed by atoms with Crippen LogP contribution in [0.15, 0.2) is 16.5 Å². The van der Waals surface area contributed by atoms with Crippen molar-refractivity contribution in [3.05, 3.63) is 23.7 Å². The molecule has 3 heterocycles. The first-order chi connectivity index (χ1) is 9.26. The van der Waals surface area contributed by atoms with E-state index in [1.54, 1.807) is 0 Å². The number of alkyl halides is 1. The molecule has 0 amide bonds. The molecule has 2 saturated heterocycles. The maximum absolute atomic E-state index is 12.5. The van der Waals surface area contributed by atoms with Crippen LogP contribution in [0.2, 0.25) is 0 Å². The summed E-state index contributed by atoms with van der Waals surface area (Å²) >= 11 is 0. The molecule has 106 valence electrons. The summed E-state index contributed by atoms with van der Waals surface area (Å²) in [5, 5.41) is 0. The molecule has 1 aromatic rings. The number of hydrogen-bond donors (Lipinski definition) is 0. The predicted octanol–water partition coefficient (Wildman–Crippen LogP) is 1.44. The molecule has 2 atom stereocenters. The van der Waals surface area contributed by atoms with Crippen molar-refractivity contribution < 1.29 is 13.5 Å². The monoisotopic (exact) mass is 268 g/mol. The summed E-state index contributed by atoms with van der Waals surface area (Å²) in [7, 11) is 0. The molecule has 0 aliphatic carbocycles. The SMILES string of the molecule is Cc1ccc(CN2CCO[C@@H]3CN(CCF)C[C@@H]32)o1. The van der Waals surface area contributed by atoms with Crippen LogP contribution in [-0.2, 0) is 11.3 Å². The molecule has 2 aliphatic heterocycles. The van der Waals surface area contributed by atoms with Crippen molar-refractivity contribution in [2.75, 3.05) is 39.5 Å². The second kappa shape index (κ2) is 5.61. The van der Waals surface area contributed by atoms with Crippen LogP contribution in [0.3, 0.4) is 0 Å². The van der Waals surface area contributed by atoms with E-state index in [4.69, 9.17) is 9.15 Å². The Labute approximate surface area is 113 Å². The highest BCUT2D eigenvalue weighted by atomic mass is 19.1. The van der Waals surface area contributed by atoms with Gasteiger partial charge >= 0.3 is 0 Å². The Morgan fingerprint density at radius 1 is 1.37 bits per heavy atom. The Kier molecular flexibility index (Phi) is 3.86. The fourth-order valence-corrected chi connectivity index (χ4v) is 3.10. The highest BCUT2D eigenvalue weighted by Crippen LogP contribution is 2.24. The van der Waals surface area contributed by atoms with Crippen molar-refractivity contribution >= 4 is 0 Å². The van der Waals surface area contributed by atoms with E-state index < -0.39 is 0 Å². The molecule has 4 nitrogen and oxygen atoms in total. The van der Waals surface area contributed by atoms with Gasteiger partial charge in [-0.3, -0.25) is 9.80 Å². The van der Waals surface area contributed by atoms with Gasteiger partial charge in [-0.25, -0.2) is 4.39 Å². The maximum atomic E-state index is 12.5. The van der Waals surface area contributed by atoms with E-state index in [0.717, 1.165) is 44.3 Å². The minimum Gasteiger partial charge on any atom is -0.465 e. The van der Waals surface area contributed by atoms with E-state index in [-0.39, 0.29) is 12.8 Å². The number of likely N-dealkylation sites (tertiary alicyclic amines) is 1. The van der Waals surface area contributed by atoms with Crippen LogP contribution >= 0.6 is 0 Å². The zero-order chi connectivity index (χ0) is 13.2. The molecule has 0 aromatic carbocycles. The van der Waals surface area contributed by atoms with Gasteiger partial charge in [0.1, 0.15) is 18.2 Å². The summed E-state index contributed by atoms with van der Waals surface area (Å²) in [5.74, 6) is 1.95. The third kappa shape index (κ3) is 2.83. The van der Waals surface area contributed by atoms with Crippen LogP contribution < -0.4 is 0 Å². The second-order valence-electron chi connectivity index (χ2n) is 5.41. The van der Waals surface area contributed by atoms with Gasteiger partial charge in [-0.15, -0.1) is 0 Å². The van der Waals surface area contributed by atoms with E-state index in [1.165, 1.54) is 0 Å². The lowest BCUT2D eigenvalue weighted by atomic mass is 10.1. The first-order valence-electron chi connectivity index (χ1n) is 6.95. The van der Waals surface area contributed by atoms with Crippen LogP contribution in [0, 0.1) is 6.92 Å². The normalized spacial score (nSPS) is 28.7. The van der Waals surface area contributed by atoms with Crippen LogP contribution in [0.5, 0.6) is 0 Å². The lowest BCUT2D eigenvalue weighted by molar-refractivity contribution is -0.0523. The molecular formula is C14H21FN2O2. The van der Waals surface area contributed by atoms with Crippen LogP contribution in [0.4, 0.5) is 4.39 Å². The molecule has 2 fully saturated rings. The van der Waals surface area contributed by atoms with Gasteiger partial charge in [0.25, 0.3) is 0 Å². The van der Waals surface area contributed by atoms with Gasteiger partial charge in [-0.1, -0.05) is 0 Å². The van der Waals surface area contributed by atoms with Crippen molar-refractivity contribution in [2.45, 2.75) is 25.6 Å². The van der Waals surface area contributed by atoms with Crippen molar-refractivity contribution in [3.63, 3.8) is 0 Å². The van der Waals surface area contributed by atoms with Crippen molar-refractivity contribution in [3.8, 4) is 0 Å². The Balaban J connectivity index is 1.65. The number of hydrogen-bond acceptors (Lipinski definition) is 4. The minimum atomic E-state index is -0.281. The number of halogens is 1. The third-order valence-electron chi connectivity index (χ3n) is 4.05. The highest BCUT2D eigenvalue weighted by molar-refractivity contribution is 5.06. The number of furan rings is 1. The zero-order valence-corrected chi connectivity index (χ0v) is 11.3. The molecule has 3 rings (SSSR count). The van der Waals surface area contributed by atoms with E-state index in [9.17, 15) is 4.39 Å². The molecule has 1 aromatic heterocycles. The number of ether oxygens (including phenoxy) is 1. The summed E-state index contributed by atoms with van der Waals surface area (Å²) in [5.41, 5.74) is 0. The second-order valence-corrected chi connectivity index (χ2v) is 5.41. The molecule has 0 unspecified atom stereocenters. The molecule has 0 bridgehead atoms. The van der Waals surface area contributed by atoms with Crippen LogP contribution in [0.25, 0.3) is 0 Å². The van der Waals surface area contributed by atoms with Crippen molar-refractivity contribution in [1.29, 1.82) is 0 Å². The number of morpholine rings is 1. The molecule has 0 N–H and O–H groups in total. The average molecular weight is 268 g/mol. The Hall–Kier alpha value is -0.910. The van der Waals surface area contributed by atoms with E-state index >= 15 is 0 Å². The molecule has 0 saturated carbocycles. The third-order valence-corrected chi connectivity index (χ3v) is 4.05. The van der Waals surface area contributed by atoms with Gasteiger partial charge in [0.15, 0.2) is 0 Å². The maximum Gasteiger partial charge on any atom is 0.118 e. The number of aryl methyl sites for hydroxylation is 1. The minimum absolute atomic E-state index is 0.219. The smallest absolute Gasteiger partial charge is 0.118 e. The van der Waals surface area contributed by atoms with Gasteiger partial charge in [-0.2, -0.15) is 0 Å². The van der Waals surface area contributed by atoms with Crippen molar-refractivity contribution in [1.82, 2.24) is 9.80 Å². The summed E-state index contributed by atoms with van der Waals surface area (Å²) in [6, 6.07) is 4.40. The van der Waals surface area contributed by atoms with Crippen LogP contribution in [0.1, 0.15) is 11.5 Å². The topological polar surface area (TPSA) is 28.9 Å². The number of nitrogens with zero attached hydrogens (tertiary/aromatic N) is 2. The number of rotatable bonds is 4. The summed E-state index contributed by atoms with van der Waals surface area (Å²) in [4.78, 5) is 4.56.